The van der Waals surface area contributed by atoms with E-state index < -0.39 is 9.84 Å². The van der Waals surface area contributed by atoms with Crippen molar-refractivity contribution >= 4 is 9.84 Å². The third-order valence-electron chi connectivity index (χ3n) is 3.23. The average molecular weight is 272 g/mol. The molecule has 2 heterocycles. The van der Waals surface area contributed by atoms with E-state index in [-0.39, 0.29) is 11.5 Å². The summed E-state index contributed by atoms with van der Waals surface area (Å²) in [6.45, 7) is 4.65. The zero-order valence-corrected chi connectivity index (χ0v) is 11.7. The van der Waals surface area contributed by atoms with Crippen LogP contribution in [-0.4, -0.2) is 45.0 Å². The van der Waals surface area contributed by atoms with E-state index in [1.165, 1.54) is 0 Å². The summed E-state index contributed by atoms with van der Waals surface area (Å²) in [5, 5.41) is 3.07. The third kappa shape index (κ3) is 3.34. The molecule has 0 saturated carbocycles. The smallest absolute Gasteiger partial charge is 0.152 e. The van der Waals surface area contributed by atoms with E-state index in [0.717, 1.165) is 23.6 Å². The van der Waals surface area contributed by atoms with Gasteiger partial charge in [-0.2, -0.15) is 0 Å². The molecule has 18 heavy (non-hydrogen) atoms. The fraction of sp³-hybridized carbons (Fsp3) is 0.667. The van der Waals surface area contributed by atoms with Crippen molar-refractivity contribution in [3.8, 4) is 0 Å². The lowest BCUT2D eigenvalue weighted by Crippen LogP contribution is -2.39. The minimum Gasteiger partial charge on any atom is -0.463 e. The minimum atomic E-state index is -2.80. The van der Waals surface area contributed by atoms with E-state index in [1.807, 2.05) is 20.0 Å². The highest BCUT2D eigenvalue weighted by atomic mass is 32.2. The van der Waals surface area contributed by atoms with Gasteiger partial charge in [-0.15, -0.1) is 0 Å². The molecule has 102 valence electrons. The molecular weight excluding hydrogens is 252 g/mol. The second kappa shape index (κ2) is 5.42. The van der Waals surface area contributed by atoms with Crippen molar-refractivity contribution in [1.82, 2.24) is 10.2 Å². The maximum atomic E-state index is 11.3. The first-order chi connectivity index (χ1) is 8.50. The molecule has 2 rings (SSSR count). The first-order valence-electron chi connectivity index (χ1n) is 6.16. The lowest BCUT2D eigenvalue weighted by atomic mass is 10.2. The van der Waals surface area contributed by atoms with Gasteiger partial charge in [-0.05, 0) is 25.6 Å². The summed E-state index contributed by atoms with van der Waals surface area (Å²) in [6, 6.07) is 2.04. The molecular formula is C12H20N2O3S. The van der Waals surface area contributed by atoms with Gasteiger partial charge in [0.25, 0.3) is 0 Å². The molecule has 1 saturated heterocycles. The Balaban J connectivity index is 1.96. The van der Waals surface area contributed by atoms with Crippen LogP contribution >= 0.6 is 0 Å². The predicted octanol–water partition coefficient (Wildman–Crippen LogP) is 0.538. The van der Waals surface area contributed by atoms with E-state index in [0.29, 0.717) is 19.6 Å². The Kier molecular flexibility index (Phi) is 4.09. The summed E-state index contributed by atoms with van der Waals surface area (Å²) in [5.41, 5.74) is 1.14. The molecule has 0 amide bonds. The van der Waals surface area contributed by atoms with Crippen molar-refractivity contribution in [2.24, 2.45) is 0 Å². The van der Waals surface area contributed by atoms with Gasteiger partial charge in [-0.3, -0.25) is 4.90 Å². The van der Waals surface area contributed by atoms with Crippen molar-refractivity contribution in [3.05, 3.63) is 23.2 Å². The van der Waals surface area contributed by atoms with E-state index in [4.69, 9.17) is 4.42 Å². The van der Waals surface area contributed by atoms with E-state index in [1.54, 1.807) is 0 Å². The van der Waals surface area contributed by atoms with Crippen LogP contribution in [-0.2, 0) is 22.9 Å². The molecule has 1 aromatic heterocycles. The predicted molar refractivity (Wildman–Crippen MR) is 70.1 cm³/mol. The number of nitrogens with one attached hydrogen (secondary N) is 1. The lowest BCUT2D eigenvalue weighted by molar-refractivity contribution is 0.259. The van der Waals surface area contributed by atoms with Crippen molar-refractivity contribution in [1.29, 1.82) is 0 Å². The molecule has 0 unspecified atom stereocenters. The number of hydrogen-bond donors (Lipinski definition) is 1. The maximum Gasteiger partial charge on any atom is 0.152 e. The molecule has 0 bridgehead atoms. The molecule has 1 aromatic rings. The van der Waals surface area contributed by atoms with Gasteiger partial charge in [-0.25, -0.2) is 8.42 Å². The Bertz CT molecular complexity index is 493. The Labute approximate surface area is 108 Å². The van der Waals surface area contributed by atoms with Crippen LogP contribution < -0.4 is 5.32 Å². The quantitative estimate of drug-likeness (QED) is 0.866. The highest BCUT2D eigenvalue weighted by molar-refractivity contribution is 7.91. The lowest BCUT2D eigenvalue weighted by Gasteiger charge is -2.25. The van der Waals surface area contributed by atoms with Crippen molar-refractivity contribution < 1.29 is 12.8 Å². The van der Waals surface area contributed by atoms with Crippen LogP contribution in [0, 0.1) is 6.92 Å². The normalized spacial score (nSPS) is 20.1. The fourth-order valence-corrected chi connectivity index (χ4v) is 3.41. The summed E-state index contributed by atoms with van der Waals surface area (Å²) < 4.78 is 28.4. The summed E-state index contributed by atoms with van der Waals surface area (Å²) in [6.07, 6.45) is 0. The fourth-order valence-electron chi connectivity index (χ4n) is 2.13. The Hall–Kier alpha value is -0.850. The van der Waals surface area contributed by atoms with Crippen molar-refractivity contribution in [2.75, 3.05) is 31.6 Å². The van der Waals surface area contributed by atoms with Crippen molar-refractivity contribution in [3.63, 3.8) is 0 Å². The van der Waals surface area contributed by atoms with Gasteiger partial charge >= 0.3 is 0 Å². The SMILES string of the molecule is CNCc1oc(CN2CCS(=O)(=O)CC2)cc1C. The Morgan fingerprint density at radius 3 is 2.67 bits per heavy atom. The first kappa shape index (κ1) is 13.6. The van der Waals surface area contributed by atoms with Crippen LogP contribution in [0.2, 0.25) is 0 Å². The van der Waals surface area contributed by atoms with Gasteiger partial charge in [0.15, 0.2) is 9.84 Å². The second-order valence-electron chi connectivity index (χ2n) is 4.78. The van der Waals surface area contributed by atoms with E-state index in [2.05, 4.69) is 10.2 Å². The third-order valence-corrected chi connectivity index (χ3v) is 4.83. The number of furan rings is 1. The van der Waals surface area contributed by atoms with Crippen LogP contribution in [0.25, 0.3) is 0 Å². The Morgan fingerprint density at radius 2 is 2.06 bits per heavy atom. The summed E-state index contributed by atoms with van der Waals surface area (Å²) in [5.74, 6) is 2.39. The summed E-state index contributed by atoms with van der Waals surface area (Å²) in [4.78, 5) is 2.13. The molecule has 0 spiro atoms. The van der Waals surface area contributed by atoms with Crippen LogP contribution in [0.1, 0.15) is 17.1 Å². The van der Waals surface area contributed by atoms with Crippen LogP contribution in [0.4, 0.5) is 0 Å². The maximum absolute atomic E-state index is 11.3. The van der Waals surface area contributed by atoms with Crippen LogP contribution in [0.5, 0.6) is 0 Å². The average Bonchev–Trinajstić information content (AvgIpc) is 2.63. The molecule has 0 aromatic carbocycles. The van der Waals surface area contributed by atoms with Gasteiger partial charge in [-0.1, -0.05) is 0 Å². The zero-order chi connectivity index (χ0) is 13.2. The number of hydrogen-bond acceptors (Lipinski definition) is 5. The molecule has 1 N–H and O–H groups in total. The highest BCUT2D eigenvalue weighted by Crippen LogP contribution is 2.17. The molecule has 0 atom stereocenters. The van der Waals surface area contributed by atoms with Gasteiger partial charge in [0.2, 0.25) is 0 Å². The number of nitrogens with zero attached hydrogens (tertiary/aromatic N) is 1. The number of aryl methyl sites for hydroxylation is 1. The molecule has 0 radical (unpaired) electrons. The number of rotatable bonds is 4. The van der Waals surface area contributed by atoms with Gasteiger partial charge in [0, 0.05) is 13.1 Å². The Morgan fingerprint density at radius 1 is 1.39 bits per heavy atom. The summed E-state index contributed by atoms with van der Waals surface area (Å²) in [7, 11) is -0.916. The zero-order valence-electron chi connectivity index (χ0n) is 10.9. The largest absolute Gasteiger partial charge is 0.463 e. The molecule has 0 aliphatic carbocycles. The number of sulfone groups is 1. The molecule has 1 fully saturated rings. The van der Waals surface area contributed by atoms with Gasteiger partial charge < -0.3 is 9.73 Å². The molecule has 5 nitrogen and oxygen atoms in total. The van der Waals surface area contributed by atoms with Gasteiger partial charge in [0.1, 0.15) is 11.5 Å². The second-order valence-corrected chi connectivity index (χ2v) is 7.08. The van der Waals surface area contributed by atoms with Crippen molar-refractivity contribution in [2.45, 2.75) is 20.0 Å². The molecule has 1 aliphatic rings. The minimum absolute atomic E-state index is 0.260. The molecule has 6 heteroatoms. The topological polar surface area (TPSA) is 62.6 Å². The van der Waals surface area contributed by atoms with Crippen LogP contribution in [0.3, 0.4) is 0 Å². The standard InChI is InChI=1S/C12H20N2O3S/c1-10-7-11(17-12(10)8-13-2)9-14-3-5-18(15,16)6-4-14/h7,13H,3-6,8-9H2,1-2H3. The highest BCUT2D eigenvalue weighted by Gasteiger charge is 2.22. The molecule has 1 aliphatic heterocycles. The van der Waals surface area contributed by atoms with E-state index >= 15 is 0 Å². The first-order valence-corrected chi connectivity index (χ1v) is 7.98. The van der Waals surface area contributed by atoms with E-state index in [9.17, 15) is 8.42 Å². The van der Waals surface area contributed by atoms with Gasteiger partial charge in [0.05, 0.1) is 24.6 Å². The van der Waals surface area contributed by atoms with Crippen LogP contribution in [0.15, 0.2) is 10.5 Å². The summed E-state index contributed by atoms with van der Waals surface area (Å²) >= 11 is 0. The monoisotopic (exact) mass is 272 g/mol.